The zero-order valence-electron chi connectivity index (χ0n) is 13.4. The van der Waals surface area contributed by atoms with Crippen LogP contribution in [0.2, 0.25) is 0 Å². The molecule has 0 spiro atoms. The first-order chi connectivity index (χ1) is 11.6. The fourth-order valence-corrected chi connectivity index (χ4v) is 2.83. The Bertz CT molecular complexity index is 692. The van der Waals surface area contributed by atoms with Gasteiger partial charge in [-0.25, -0.2) is 4.79 Å². The highest BCUT2D eigenvalue weighted by atomic mass is 79.9. The maximum Gasteiger partial charge on any atom is 0.319 e. The zero-order valence-corrected chi connectivity index (χ0v) is 15.0. The normalized spacial score (nSPS) is 11.4. The molecule has 3 amide bonds. The van der Waals surface area contributed by atoms with Crippen molar-refractivity contribution in [3.05, 3.63) is 64.6 Å². The molecule has 0 aliphatic heterocycles. The molecule has 0 radical (unpaired) electrons. The SMILES string of the molecule is CC(NC(=O)CCNC(=O)Nc1ccccc1)c1ccccc1Br. The minimum absolute atomic E-state index is 0.105. The first-order valence-electron chi connectivity index (χ1n) is 7.70. The number of carbonyl (C=O) groups is 2. The van der Waals surface area contributed by atoms with E-state index in [1.165, 1.54) is 0 Å². The second-order valence-corrected chi connectivity index (χ2v) is 6.16. The summed E-state index contributed by atoms with van der Waals surface area (Å²) in [6, 6.07) is 16.5. The molecule has 6 heteroatoms. The Morgan fingerprint density at radius 1 is 1.04 bits per heavy atom. The highest BCUT2D eigenvalue weighted by Gasteiger charge is 2.12. The Labute approximate surface area is 150 Å². The molecule has 0 heterocycles. The summed E-state index contributed by atoms with van der Waals surface area (Å²) in [4.78, 5) is 23.7. The van der Waals surface area contributed by atoms with Crippen LogP contribution in [0, 0.1) is 0 Å². The molecule has 24 heavy (non-hydrogen) atoms. The average Bonchev–Trinajstić information content (AvgIpc) is 2.56. The summed E-state index contributed by atoms with van der Waals surface area (Å²) < 4.78 is 0.957. The van der Waals surface area contributed by atoms with Crippen LogP contribution in [-0.2, 0) is 4.79 Å². The Morgan fingerprint density at radius 3 is 2.42 bits per heavy atom. The summed E-state index contributed by atoms with van der Waals surface area (Å²) in [5.41, 5.74) is 1.72. The molecule has 0 saturated carbocycles. The van der Waals surface area contributed by atoms with Gasteiger partial charge in [0.05, 0.1) is 6.04 Å². The van der Waals surface area contributed by atoms with Crippen LogP contribution in [0.1, 0.15) is 24.9 Å². The molecule has 0 aliphatic rings. The molecule has 0 saturated heterocycles. The Kier molecular flexibility index (Phi) is 6.81. The van der Waals surface area contributed by atoms with E-state index in [2.05, 4.69) is 31.9 Å². The molecule has 2 rings (SSSR count). The third-order valence-electron chi connectivity index (χ3n) is 3.42. The predicted molar refractivity (Wildman–Crippen MR) is 98.8 cm³/mol. The van der Waals surface area contributed by atoms with Gasteiger partial charge in [0.2, 0.25) is 5.91 Å². The highest BCUT2D eigenvalue weighted by Crippen LogP contribution is 2.22. The van der Waals surface area contributed by atoms with Gasteiger partial charge < -0.3 is 16.0 Å². The molecule has 1 unspecified atom stereocenters. The van der Waals surface area contributed by atoms with E-state index in [9.17, 15) is 9.59 Å². The first-order valence-corrected chi connectivity index (χ1v) is 8.49. The van der Waals surface area contributed by atoms with Gasteiger partial charge in [0.15, 0.2) is 0 Å². The van der Waals surface area contributed by atoms with E-state index < -0.39 is 0 Å². The van der Waals surface area contributed by atoms with Crippen LogP contribution in [0.5, 0.6) is 0 Å². The molecule has 0 aromatic heterocycles. The molecule has 126 valence electrons. The number of amides is 3. The molecular formula is C18H20BrN3O2. The van der Waals surface area contributed by atoms with Crippen LogP contribution in [0.25, 0.3) is 0 Å². The maximum absolute atomic E-state index is 12.0. The van der Waals surface area contributed by atoms with Crippen molar-refractivity contribution in [1.29, 1.82) is 0 Å². The standard InChI is InChI=1S/C18H20BrN3O2/c1-13(15-9-5-6-10-16(15)19)21-17(23)11-12-20-18(24)22-14-7-3-2-4-8-14/h2-10,13H,11-12H2,1H3,(H,21,23)(H2,20,22,24). The van der Waals surface area contributed by atoms with Gasteiger partial charge in [-0.3, -0.25) is 4.79 Å². The second kappa shape index (κ2) is 9.08. The summed E-state index contributed by atoms with van der Waals surface area (Å²) in [6.45, 7) is 2.20. The van der Waals surface area contributed by atoms with Gasteiger partial charge in [-0.2, -0.15) is 0 Å². The fraction of sp³-hybridized carbons (Fsp3) is 0.222. The van der Waals surface area contributed by atoms with Gasteiger partial charge >= 0.3 is 6.03 Å². The minimum atomic E-state index is -0.326. The van der Waals surface area contributed by atoms with Crippen molar-refractivity contribution in [2.24, 2.45) is 0 Å². The van der Waals surface area contributed by atoms with Gasteiger partial charge in [-0.1, -0.05) is 52.3 Å². The lowest BCUT2D eigenvalue weighted by Crippen LogP contribution is -2.34. The number of nitrogens with one attached hydrogen (secondary N) is 3. The quantitative estimate of drug-likeness (QED) is 0.702. The maximum atomic E-state index is 12.0. The number of carbonyl (C=O) groups excluding carboxylic acids is 2. The van der Waals surface area contributed by atoms with Crippen LogP contribution >= 0.6 is 15.9 Å². The van der Waals surface area contributed by atoms with Crippen molar-refractivity contribution in [3.8, 4) is 0 Å². The van der Waals surface area contributed by atoms with E-state index in [1.807, 2.05) is 49.4 Å². The summed E-state index contributed by atoms with van der Waals surface area (Å²) >= 11 is 3.47. The van der Waals surface area contributed by atoms with Crippen molar-refractivity contribution in [3.63, 3.8) is 0 Å². The largest absolute Gasteiger partial charge is 0.349 e. The number of hydrogen-bond donors (Lipinski definition) is 3. The number of benzene rings is 2. The van der Waals surface area contributed by atoms with Crippen LogP contribution < -0.4 is 16.0 Å². The summed E-state index contributed by atoms with van der Waals surface area (Å²) in [6.07, 6.45) is 0.219. The molecular weight excluding hydrogens is 370 g/mol. The molecule has 0 bridgehead atoms. The molecule has 2 aromatic carbocycles. The summed E-state index contributed by atoms with van der Waals surface area (Å²) in [5, 5.41) is 8.29. The van der Waals surface area contributed by atoms with E-state index in [0.717, 1.165) is 10.0 Å². The number of anilines is 1. The predicted octanol–water partition coefficient (Wildman–Crippen LogP) is 3.84. The van der Waals surface area contributed by atoms with Crippen molar-refractivity contribution in [2.45, 2.75) is 19.4 Å². The number of rotatable bonds is 6. The molecule has 5 nitrogen and oxygen atoms in total. The Morgan fingerprint density at radius 2 is 1.71 bits per heavy atom. The number of para-hydroxylation sites is 1. The van der Waals surface area contributed by atoms with E-state index >= 15 is 0 Å². The van der Waals surface area contributed by atoms with E-state index in [-0.39, 0.29) is 30.9 Å². The van der Waals surface area contributed by atoms with Gasteiger partial charge in [-0.05, 0) is 30.7 Å². The van der Waals surface area contributed by atoms with E-state index in [4.69, 9.17) is 0 Å². The summed E-state index contributed by atoms with van der Waals surface area (Å²) in [5.74, 6) is -0.113. The molecule has 1 atom stereocenters. The van der Waals surface area contributed by atoms with Gasteiger partial charge in [0, 0.05) is 23.1 Å². The number of hydrogen-bond acceptors (Lipinski definition) is 2. The minimum Gasteiger partial charge on any atom is -0.349 e. The van der Waals surface area contributed by atoms with E-state index in [0.29, 0.717) is 5.69 Å². The van der Waals surface area contributed by atoms with Gasteiger partial charge in [0.1, 0.15) is 0 Å². The average molecular weight is 390 g/mol. The van der Waals surface area contributed by atoms with Crippen molar-refractivity contribution in [1.82, 2.24) is 10.6 Å². The number of urea groups is 1. The third-order valence-corrected chi connectivity index (χ3v) is 4.14. The van der Waals surface area contributed by atoms with Crippen molar-refractivity contribution in [2.75, 3.05) is 11.9 Å². The lowest BCUT2D eigenvalue weighted by atomic mass is 10.1. The van der Waals surface area contributed by atoms with Gasteiger partial charge in [0.25, 0.3) is 0 Å². The van der Waals surface area contributed by atoms with Crippen LogP contribution in [0.4, 0.5) is 10.5 Å². The second-order valence-electron chi connectivity index (χ2n) is 5.31. The van der Waals surface area contributed by atoms with Crippen LogP contribution in [-0.4, -0.2) is 18.5 Å². The topological polar surface area (TPSA) is 70.2 Å². The molecule has 0 fully saturated rings. The lowest BCUT2D eigenvalue weighted by Gasteiger charge is -2.16. The first kappa shape index (κ1) is 18.0. The molecule has 2 aromatic rings. The third kappa shape index (κ3) is 5.70. The zero-order chi connectivity index (χ0) is 17.4. The van der Waals surface area contributed by atoms with E-state index in [1.54, 1.807) is 12.1 Å². The smallest absolute Gasteiger partial charge is 0.319 e. The van der Waals surface area contributed by atoms with Crippen LogP contribution in [0.3, 0.4) is 0 Å². The molecule has 0 aliphatic carbocycles. The Balaban J connectivity index is 1.71. The monoisotopic (exact) mass is 389 g/mol. The van der Waals surface area contributed by atoms with Gasteiger partial charge in [-0.15, -0.1) is 0 Å². The lowest BCUT2D eigenvalue weighted by molar-refractivity contribution is -0.121. The van der Waals surface area contributed by atoms with Crippen molar-refractivity contribution >= 4 is 33.6 Å². The fourth-order valence-electron chi connectivity index (χ4n) is 2.20. The van der Waals surface area contributed by atoms with Crippen molar-refractivity contribution < 1.29 is 9.59 Å². The number of halogens is 1. The highest BCUT2D eigenvalue weighted by molar-refractivity contribution is 9.10. The summed E-state index contributed by atoms with van der Waals surface area (Å²) in [7, 11) is 0. The Hall–Kier alpha value is -2.34. The van der Waals surface area contributed by atoms with Crippen LogP contribution in [0.15, 0.2) is 59.1 Å². The molecule has 3 N–H and O–H groups in total.